The minimum atomic E-state index is -1.39. The van der Waals surface area contributed by atoms with Crippen LogP contribution >= 0.6 is 34.8 Å². The molecule has 0 amide bonds. The van der Waals surface area contributed by atoms with E-state index in [9.17, 15) is 0 Å². The van der Waals surface area contributed by atoms with Gasteiger partial charge in [-0.1, -0.05) is 66.7 Å². The third-order valence-electron chi connectivity index (χ3n) is 2.69. The van der Waals surface area contributed by atoms with E-state index in [0.717, 1.165) is 42.6 Å². The van der Waals surface area contributed by atoms with Gasteiger partial charge in [0.25, 0.3) is 0 Å². The smallest absolute Gasteiger partial charge is 0.216 e. The molecule has 0 aliphatic rings. The lowest BCUT2D eigenvalue weighted by Crippen LogP contribution is -2.07. The van der Waals surface area contributed by atoms with Crippen LogP contribution < -0.4 is 4.74 Å². The summed E-state index contributed by atoms with van der Waals surface area (Å²) in [4.78, 5) is 0. The fraction of sp³-hybridized carbons (Fsp3) is 0.538. The highest BCUT2D eigenvalue weighted by molar-refractivity contribution is 6.66. The standard InChI is InChI=1S/C13H17Cl3O/c1-3-4-5-7-10-11(13(14,15)16)8-6-9-12(10)17-2/h6,8-9H,3-5,7H2,1-2H3. The summed E-state index contributed by atoms with van der Waals surface area (Å²) in [6.07, 6.45) is 4.28. The third kappa shape index (κ3) is 4.24. The molecule has 1 rings (SSSR count). The number of hydrogen-bond acceptors (Lipinski definition) is 1. The molecule has 17 heavy (non-hydrogen) atoms. The number of halogens is 3. The van der Waals surface area contributed by atoms with Crippen molar-refractivity contribution in [1.29, 1.82) is 0 Å². The van der Waals surface area contributed by atoms with Crippen molar-refractivity contribution >= 4 is 34.8 Å². The Morgan fingerprint density at radius 2 is 1.88 bits per heavy atom. The summed E-state index contributed by atoms with van der Waals surface area (Å²) in [5, 5.41) is 0. The zero-order chi connectivity index (χ0) is 12.9. The van der Waals surface area contributed by atoms with Crippen molar-refractivity contribution in [2.45, 2.75) is 36.4 Å². The van der Waals surface area contributed by atoms with Crippen molar-refractivity contribution in [3.63, 3.8) is 0 Å². The minimum absolute atomic E-state index is 0.720. The van der Waals surface area contributed by atoms with Crippen molar-refractivity contribution < 1.29 is 4.74 Å². The van der Waals surface area contributed by atoms with Gasteiger partial charge in [0, 0.05) is 11.1 Å². The van der Waals surface area contributed by atoms with Crippen molar-refractivity contribution in [2.75, 3.05) is 7.11 Å². The number of methoxy groups -OCH3 is 1. The van der Waals surface area contributed by atoms with Crippen LogP contribution in [0.4, 0.5) is 0 Å². The molecule has 0 bridgehead atoms. The SMILES string of the molecule is CCCCCc1c(OC)cccc1C(Cl)(Cl)Cl. The van der Waals surface area contributed by atoms with Gasteiger partial charge in [0.15, 0.2) is 0 Å². The summed E-state index contributed by atoms with van der Waals surface area (Å²) in [6.45, 7) is 2.16. The summed E-state index contributed by atoms with van der Waals surface area (Å²) >= 11 is 17.9. The highest BCUT2D eigenvalue weighted by Gasteiger charge is 2.27. The first-order valence-corrected chi connectivity index (χ1v) is 6.87. The number of ether oxygens (including phenoxy) is 1. The van der Waals surface area contributed by atoms with Gasteiger partial charge in [-0.15, -0.1) is 0 Å². The molecule has 0 unspecified atom stereocenters. The Morgan fingerprint density at radius 1 is 1.18 bits per heavy atom. The van der Waals surface area contributed by atoms with E-state index in [-0.39, 0.29) is 0 Å². The van der Waals surface area contributed by atoms with E-state index in [0.29, 0.717) is 0 Å². The molecule has 0 saturated heterocycles. The fourth-order valence-corrected chi connectivity index (χ4v) is 2.36. The van der Waals surface area contributed by atoms with Crippen LogP contribution in [0.25, 0.3) is 0 Å². The Bertz CT molecular complexity index is 358. The van der Waals surface area contributed by atoms with Gasteiger partial charge in [0.05, 0.1) is 7.11 Å². The van der Waals surface area contributed by atoms with Gasteiger partial charge in [-0.2, -0.15) is 0 Å². The Kier molecular flexibility index (Phi) is 5.91. The molecule has 0 heterocycles. The Balaban J connectivity index is 3.03. The predicted molar refractivity (Wildman–Crippen MR) is 75.5 cm³/mol. The van der Waals surface area contributed by atoms with Crippen LogP contribution in [0.1, 0.15) is 37.3 Å². The maximum Gasteiger partial charge on any atom is 0.216 e. The van der Waals surface area contributed by atoms with Crippen molar-refractivity contribution in [1.82, 2.24) is 0 Å². The van der Waals surface area contributed by atoms with Crippen LogP contribution in [0.2, 0.25) is 0 Å². The normalized spacial score (nSPS) is 11.6. The lowest BCUT2D eigenvalue weighted by atomic mass is 10.0. The molecule has 0 atom stereocenters. The summed E-state index contributed by atoms with van der Waals surface area (Å²) in [5.41, 5.74) is 1.72. The number of hydrogen-bond donors (Lipinski definition) is 0. The molecule has 0 aliphatic carbocycles. The lowest BCUT2D eigenvalue weighted by molar-refractivity contribution is 0.408. The van der Waals surface area contributed by atoms with E-state index in [2.05, 4.69) is 6.92 Å². The van der Waals surface area contributed by atoms with E-state index in [1.807, 2.05) is 18.2 Å². The zero-order valence-corrected chi connectivity index (χ0v) is 12.4. The first-order chi connectivity index (χ1) is 8.00. The molecule has 0 aliphatic heterocycles. The van der Waals surface area contributed by atoms with Crippen LogP contribution in [0.15, 0.2) is 18.2 Å². The molecule has 1 nitrogen and oxygen atoms in total. The second kappa shape index (κ2) is 6.72. The molecule has 0 N–H and O–H groups in total. The Hall–Kier alpha value is -0.110. The van der Waals surface area contributed by atoms with Crippen LogP contribution in [0.5, 0.6) is 5.75 Å². The molecule has 0 saturated carbocycles. The summed E-state index contributed by atoms with van der Waals surface area (Å²) in [7, 11) is 1.64. The summed E-state index contributed by atoms with van der Waals surface area (Å²) in [6, 6.07) is 5.59. The van der Waals surface area contributed by atoms with Crippen molar-refractivity contribution in [3.8, 4) is 5.75 Å². The van der Waals surface area contributed by atoms with Gasteiger partial charge in [-0.3, -0.25) is 0 Å². The monoisotopic (exact) mass is 294 g/mol. The summed E-state index contributed by atoms with van der Waals surface area (Å²) in [5.74, 6) is 0.796. The molecule has 0 spiro atoms. The maximum atomic E-state index is 5.98. The maximum absolute atomic E-state index is 5.98. The van der Waals surface area contributed by atoms with Gasteiger partial charge < -0.3 is 4.74 Å². The van der Waals surface area contributed by atoms with Gasteiger partial charge >= 0.3 is 0 Å². The zero-order valence-electron chi connectivity index (χ0n) is 10.1. The molecule has 1 aromatic rings. The number of unbranched alkanes of at least 4 members (excludes halogenated alkanes) is 2. The molecule has 4 heteroatoms. The molecular formula is C13H17Cl3O. The first-order valence-electron chi connectivity index (χ1n) is 5.73. The average Bonchev–Trinajstić information content (AvgIpc) is 2.28. The topological polar surface area (TPSA) is 9.23 Å². The van der Waals surface area contributed by atoms with Crippen molar-refractivity contribution in [3.05, 3.63) is 29.3 Å². The fourth-order valence-electron chi connectivity index (χ4n) is 1.83. The Morgan fingerprint density at radius 3 is 2.41 bits per heavy atom. The predicted octanol–water partition coefficient (Wildman–Crippen LogP) is 5.25. The van der Waals surface area contributed by atoms with E-state index in [1.54, 1.807) is 7.11 Å². The van der Waals surface area contributed by atoms with E-state index >= 15 is 0 Å². The van der Waals surface area contributed by atoms with Gasteiger partial charge in [0.1, 0.15) is 5.75 Å². The number of benzene rings is 1. The number of alkyl halides is 3. The van der Waals surface area contributed by atoms with Gasteiger partial charge in [-0.25, -0.2) is 0 Å². The quantitative estimate of drug-likeness (QED) is 0.532. The Labute approximate surface area is 118 Å². The molecule has 96 valence electrons. The van der Waals surface area contributed by atoms with E-state index in [1.165, 1.54) is 0 Å². The minimum Gasteiger partial charge on any atom is -0.496 e. The van der Waals surface area contributed by atoms with E-state index in [4.69, 9.17) is 39.5 Å². The molecule has 0 aromatic heterocycles. The van der Waals surface area contributed by atoms with Crippen LogP contribution in [-0.4, -0.2) is 7.11 Å². The molecule has 0 radical (unpaired) electrons. The van der Waals surface area contributed by atoms with Crippen LogP contribution in [0, 0.1) is 0 Å². The highest BCUT2D eigenvalue weighted by Crippen LogP contribution is 2.42. The van der Waals surface area contributed by atoms with Crippen LogP contribution in [-0.2, 0) is 10.2 Å². The molecular weight excluding hydrogens is 279 g/mol. The van der Waals surface area contributed by atoms with Crippen molar-refractivity contribution in [2.24, 2.45) is 0 Å². The van der Waals surface area contributed by atoms with Gasteiger partial charge in [-0.05, 0) is 18.9 Å². The van der Waals surface area contributed by atoms with Gasteiger partial charge in [0.2, 0.25) is 3.79 Å². The highest BCUT2D eigenvalue weighted by atomic mass is 35.6. The largest absolute Gasteiger partial charge is 0.496 e. The lowest BCUT2D eigenvalue weighted by Gasteiger charge is -2.19. The van der Waals surface area contributed by atoms with Crippen LogP contribution in [0.3, 0.4) is 0 Å². The second-order valence-electron chi connectivity index (χ2n) is 3.94. The molecule has 1 aromatic carbocycles. The summed E-state index contributed by atoms with van der Waals surface area (Å²) < 4.78 is 3.94. The molecule has 0 fully saturated rings. The first kappa shape index (κ1) is 14.9. The van der Waals surface area contributed by atoms with E-state index < -0.39 is 3.79 Å². The third-order valence-corrected chi connectivity index (χ3v) is 3.30. The second-order valence-corrected chi connectivity index (χ2v) is 6.22. The average molecular weight is 296 g/mol. The number of rotatable bonds is 5.